The van der Waals surface area contributed by atoms with Gasteiger partial charge in [0.05, 0.1) is 18.8 Å². The van der Waals surface area contributed by atoms with Crippen LogP contribution in [0.3, 0.4) is 0 Å². The van der Waals surface area contributed by atoms with E-state index in [1.165, 1.54) is 0 Å². The van der Waals surface area contributed by atoms with E-state index in [9.17, 15) is 10.2 Å². The molecule has 0 aliphatic carbocycles. The Morgan fingerprint density at radius 2 is 1.84 bits per heavy atom. The van der Waals surface area contributed by atoms with Crippen LogP contribution in [0, 0.1) is 10.8 Å². The molecule has 4 heteroatoms. The predicted molar refractivity (Wildman–Crippen MR) is 72.7 cm³/mol. The van der Waals surface area contributed by atoms with Crippen molar-refractivity contribution >= 4 is 0 Å². The summed E-state index contributed by atoms with van der Waals surface area (Å²) in [5, 5.41) is 21.1. The molecule has 2 fully saturated rings. The van der Waals surface area contributed by atoms with Gasteiger partial charge >= 0.3 is 0 Å². The fourth-order valence-corrected chi connectivity index (χ4v) is 3.17. The van der Waals surface area contributed by atoms with Crippen molar-refractivity contribution in [2.75, 3.05) is 6.61 Å². The number of hydrogen-bond acceptors (Lipinski definition) is 4. The third-order valence-electron chi connectivity index (χ3n) is 4.79. The van der Waals surface area contributed by atoms with Crippen LogP contribution >= 0.6 is 0 Å². The third-order valence-corrected chi connectivity index (χ3v) is 4.79. The van der Waals surface area contributed by atoms with Gasteiger partial charge in [0.25, 0.3) is 0 Å². The van der Waals surface area contributed by atoms with E-state index in [0.29, 0.717) is 6.61 Å². The van der Waals surface area contributed by atoms with Crippen LogP contribution in [-0.2, 0) is 9.47 Å². The summed E-state index contributed by atoms with van der Waals surface area (Å²) in [5.74, 6) is -0.748. The topological polar surface area (TPSA) is 58.9 Å². The molecule has 0 amide bonds. The molecule has 2 aliphatic rings. The molecule has 2 aliphatic heterocycles. The molecule has 2 heterocycles. The van der Waals surface area contributed by atoms with Gasteiger partial charge in [-0.3, -0.25) is 0 Å². The summed E-state index contributed by atoms with van der Waals surface area (Å²) in [5.41, 5.74) is -0.841. The average molecular weight is 272 g/mol. The van der Waals surface area contributed by atoms with Crippen molar-refractivity contribution in [3.8, 4) is 0 Å². The van der Waals surface area contributed by atoms with Crippen molar-refractivity contribution in [3.05, 3.63) is 0 Å². The maximum absolute atomic E-state index is 10.6. The fraction of sp³-hybridized carbons (Fsp3) is 1.00. The van der Waals surface area contributed by atoms with Crippen LogP contribution in [0.25, 0.3) is 0 Å². The van der Waals surface area contributed by atoms with Gasteiger partial charge in [-0.05, 0) is 18.3 Å². The van der Waals surface area contributed by atoms with E-state index in [-0.39, 0.29) is 5.41 Å². The van der Waals surface area contributed by atoms with Gasteiger partial charge in [0.1, 0.15) is 6.10 Å². The monoisotopic (exact) mass is 272 g/mol. The highest BCUT2D eigenvalue weighted by Crippen LogP contribution is 2.53. The van der Waals surface area contributed by atoms with Gasteiger partial charge < -0.3 is 19.7 Å². The molecule has 0 unspecified atom stereocenters. The van der Waals surface area contributed by atoms with Crippen molar-refractivity contribution in [1.82, 2.24) is 0 Å². The first-order valence-electron chi connectivity index (χ1n) is 7.30. The molecule has 0 aromatic rings. The van der Waals surface area contributed by atoms with Crippen molar-refractivity contribution in [1.29, 1.82) is 0 Å². The van der Waals surface area contributed by atoms with E-state index in [1.54, 1.807) is 0 Å². The van der Waals surface area contributed by atoms with Crippen LogP contribution in [0.15, 0.2) is 0 Å². The summed E-state index contributed by atoms with van der Waals surface area (Å²) in [4.78, 5) is 0. The summed E-state index contributed by atoms with van der Waals surface area (Å²) >= 11 is 0. The summed E-state index contributed by atoms with van der Waals surface area (Å²) in [7, 11) is 0. The van der Waals surface area contributed by atoms with Crippen LogP contribution in [-0.4, -0.2) is 40.9 Å². The minimum absolute atomic E-state index is 0.331. The summed E-state index contributed by atoms with van der Waals surface area (Å²) in [6.07, 6.45) is 0.822. The van der Waals surface area contributed by atoms with E-state index >= 15 is 0 Å². The van der Waals surface area contributed by atoms with Crippen LogP contribution in [0.4, 0.5) is 0 Å². The van der Waals surface area contributed by atoms with Gasteiger partial charge in [-0.15, -0.1) is 0 Å². The number of aliphatic hydroxyl groups excluding tert-OH is 2. The Kier molecular flexibility index (Phi) is 3.76. The second kappa shape index (κ2) is 4.69. The predicted octanol–water partition coefficient (Wildman–Crippen LogP) is 2.08. The van der Waals surface area contributed by atoms with E-state index in [0.717, 1.165) is 19.3 Å². The quantitative estimate of drug-likeness (QED) is 0.767. The molecule has 19 heavy (non-hydrogen) atoms. The summed E-state index contributed by atoms with van der Waals surface area (Å²) in [6.45, 7) is 10.5. The Hall–Kier alpha value is -0.160. The number of aliphatic hydroxyl groups is 2. The van der Waals surface area contributed by atoms with E-state index in [2.05, 4.69) is 0 Å². The van der Waals surface area contributed by atoms with Gasteiger partial charge in [0.2, 0.25) is 0 Å². The van der Waals surface area contributed by atoms with E-state index in [4.69, 9.17) is 9.47 Å². The van der Waals surface area contributed by atoms with Gasteiger partial charge in [-0.25, -0.2) is 0 Å². The molecule has 0 saturated carbocycles. The van der Waals surface area contributed by atoms with Gasteiger partial charge in [0, 0.05) is 11.8 Å². The highest BCUT2D eigenvalue weighted by atomic mass is 16.7. The first kappa shape index (κ1) is 15.2. The molecule has 2 N–H and O–H groups in total. The molecular weight excluding hydrogens is 244 g/mol. The van der Waals surface area contributed by atoms with Gasteiger partial charge in [-0.1, -0.05) is 34.6 Å². The molecule has 2 rings (SSSR count). The number of rotatable bonds is 1. The standard InChI is InChI=1S/C15H28O4/c1-13(2,3)11(16)10-12(17)14(4,5)15(19-10)8-6-7-9-18-15/h10-12,16-17H,6-9H2,1-5H3/t10-,11-,12+,15+/m1/s1. The minimum Gasteiger partial charge on any atom is -0.390 e. The SMILES string of the molecule is CC(C)(C)[C@H](O)[C@H]1O[C@@]2(CCCCO2)C(C)(C)[C@H]1O. The van der Waals surface area contributed by atoms with Crippen molar-refractivity contribution < 1.29 is 19.7 Å². The van der Waals surface area contributed by atoms with Gasteiger partial charge in [-0.2, -0.15) is 0 Å². The van der Waals surface area contributed by atoms with Crippen molar-refractivity contribution in [3.63, 3.8) is 0 Å². The molecule has 1 spiro atoms. The average Bonchev–Trinajstić information content (AvgIpc) is 2.50. The molecule has 0 aromatic heterocycles. The molecule has 0 aromatic carbocycles. The molecule has 0 radical (unpaired) electrons. The lowest BCUT2D eigenvalue weighted by Gasteiger charge is -2.43. The minimum atomic E-state index is -0.748. The lowest BCUT2D eigenvalue weighted by atomic mass is 9.73. The zero-order valence-electron chi connectivity index (χ0n) is 12.8. The molecule has 112 valence electrons. The fourth-order valence-electron chi connectivity index (χ4n) is 3.17. The lowest BCUT2D eigenvalue weighted by molar-refractivity contribution is -0.290. The normalized spacial score (nSPS) is 40.6. The van der Waals surface area contributed by atoms with Gasteiger partial charge in [0.15, 0.2) is 5.79 Å². The summed E-state index contributed by atoms with van der Waals surface area (Å²) in [6, 6.07) is 0. The Balaban J connectivity index is 2.27. The maximum atomic E-state index is 10.6. The molecule has 4 atom stereocenters. The van der Waals surface area contributed by atoms with E-state index < -0.39 is 29.5 Å². The zero-order valence-corrected chi connectivity index (χ0v) is 12.8. The molecular formula is C15H28O4. The van der Waals surface area contributed by atoms with Crippen LogP contribution in [0.1, 0.15) is 53.9 Å². The van der Waals surface area contributed by atoms with E-state index in [1.807, 2.05) is 34.6 Å². The van der Waals surface area contributed by atoms with Crippen LogP contribution in [0.2, 0.25) is 0 Å². The molecule has 2 saturated heterocycles. The lowest BCUT2D eigenvalue weighted by Crippen LogP contribution is -2.50. The highest BCUT2D eigenvalue weighted by Gasteiger charge is 2.63. The Bertz CT molecular complexity index is 326. The smallest absolute Gasteiger partial charge is 0.176 e. The Morgan fingerprint density at radius 3 is 2.32 bits per heavy atom. The van der Waals surface area contributed by atoms with Crippen molar-refractivity contribution in [2.45, 2.75) is 78.0 Å². The highest BCUT2D eigenvalue weighted by molar-refractivity contribution is 5.06. The molecule has 0 bridgehead atoms. The first-order valence-corrected chi connectivity index (χ1v) is 7.30. The Labute approximate surface area is 116 Å². The summed E-state index contributed by atoms with van der Waals surface area (Å²) < 4.78 is 12.0. The zero-order chi connectivity index (χ0) is 14.5. The maximum Gasteiger partial charge on any atom is 0.176 e. The third kappa shape index (κ3) is 2.33. The number of hydrogen-bond donors (Lipinski definition) is 2. The van der Waals surface area contributed by atoms with Crippen LogP contribution < -0.4 is 0 Å². The van der Waals surface area contributed by atoms with Crippen molar-refractivity contribution in [2.24, 2.45) is 10.8 Å². The molecule has 4 nitrogen and oxygen atoms in total. The number of ether oxygens (including phenoxy) is 2. The van der Waals surface area contributed by atoms with Crippen LogP contribution in [0.5, 0.6) is 0 Å². The largest absolute Gasteiger partial charge is 0.390 e. The Morgan fingerprint density at radius 1 is 1.21 bits per heavy atom. The second-order valence-electron chi connectivity index (χ2n) is 7.62. The second-order valence-corrected chi connectivity index (χ2v) is 7.62. The first-order chi connectivity index (χ1) is 8.62.